The van der Waals surface area contributed by atoms with Crippen molar-refractivity contribution < 1.29 is 0 Å². The van der Waals surface area contributed by atoms with Crippen molar-refractivity contribution in [1.29, 1.82) is 0 Å². The number of hydrogen-bond acceptors (Lipinski definition) is 3. The van der Waals surface area contributed by atoms with Gasteiger partial charge in [0.2, 0.25) is 0 Å². The zero-order valence-corrected chi connectivity index (χ0v) is 57.4. The minimum absolute atomic E-state index is 0.0654. The summed E-state index contributed by atoms with van der Waals surface area (Å²) in [5.74, 6) is 0. The van der Waals surface area contributed by atoms with Crippen molar-refractivity contribution in [2.75, 3.05) is 14.7 Å². The lowest BCUT2D eigenvalue weighted by atomic mass is 9.32. The van der Waals surface area contributed by atoms with Crippen LogP contribution in [-0.2, 0) is 37.9 Å². The molecule has 1 fully saturated rings. The van der Waals surface area contributed by atoms with Gasteiger partial charge < -0.3 is 14.7 Å². The van der Waals surface area contributed by atoms with E-state index in [2.05, 4.69) is 332 Å². The maximum absolute atomic E-state index is 2.85. The standard InChI is InChI=1S/C88H90BN3/c1-81(2,3)57-41-43-73(60(47-57)55-31-19-17-20-32-55)90-76-53-69-67(83(7,8)62-35-23-25-37-64(62)85(69,11)12)51-71(76)89-72-52-68-70(86(13,14)65-38-26-24-36-63(65)84(68,9)10)54-77(72)91(74-44-42-58(82(4,5)6)48-61(74)56-33-21-18-22-34-56)79-50-59(49-78(90)80(79)89)92-75-40-28-27-39-66(75)87(15)45-29-30-46-88(87,92)16/h17-28,31-44,47-54H,29-30,45-46H2,1-16H3. The third-order valence-electron chi connectivity index (χ3n) is 24.2. The van der Waals surface area contributed by atoms with Crippen molar-refractivity contribution in [1.82, 2.24) is 0 Å². The van der Waals surface area contributed by atoms with Gasteiger partial charge in [-0.15, -0.1) is 0 Å². The first-order valence-electron chi connectivity index (χ1n) is 34.3. The van der Waals surface area contributed by atoms with E-state index < -0.39 is 0 Å². The highest BCUT2D eigenvalue weighted by atomic mass is 15.3. The van der Waals surface area contributed by atoms with Crippen LogP contribution in [0.1, 0.15) is 198 Å². The van der Waals surface area contributed by atoms with Crippen molar-refractivity contribution in [2.45, 2.75) is 180 Å². The molecule has 0 N–H and O–H groups in total. The molecule has 10 aromatic rings. The van der Waals surface area contributed by atoms with Crippen molar-refractivity contribution in [3.05, 3.63) is 267 Å². The molecule has 6 aliphatic rings. The Kier molecular flexibility index (Phi) is 12.5. The highest BCUT2D eigenvalue weighted by Crippen LogP contribution is 2.63. The molecular formula is C88H90BN3. The van der Waals surface area contributed by atoms with Gasteiger partial charge in [-0.05, 0) is 174 Å². The van der Waals surface area contributed by atoms with Gasteiger partial charge in [-0.3, -0.25) is 0 Å². The lowest BCUT2D eigenvalue weighted by molar-refractivity contribution is 0.195. The van der Waals surface area contributed by atoms with Gasteiger partial charge in [0.1, 0.15) is 0 Å². The fourth-order valence-electron chi connectivity index (χ4n) is 18.7. The summed E-state index contributed by atoms with van der Waals surface area (Å²) in [4.78, 5) is 8.41. The summed E-state index contributed by atoms with van der Waals surface area (Å²) < 4.78 is 0. The van der Waals surface area contributed by atoms with Crippen LogP contribution < -0.4 is 31.1 Å². The maximum atomic E-state index is 2.85. The second-order valence-electron chi connectivity index (χ2n) is 32.9. The number of hydrogen-bond donors (Lipinski definition) is 0. The molecule has 10 aromatic carbocycles. The van der Waals surface area contributed by atoms with Crippen molar-refractivity contribution in [3.8, 4) is 22.3 Å². The van der Waals surface area contributed by atoms with Crippen LogP contribution in [0.25, 0.3) is 22.3 Å². The van der Waals surface area contributed by atoms with Crippen LogP contribution in [0.5, 0.6) is 0 Å². The quantitative estimate of drug-likeness (QED) is 0.159. The molecule has 2 unspecified atom stereocenters. The summed E-state index contributed by atoms with van der Waals surface area (Å²) in [5, 5.41) is 0. The van der Waals surface area contributed by atoms with Gasteiger partial charge in [0.15, 0.2) is 0 Å². The molecule has 1 saturated carbocycles. The first kappa shape index (κ1) is 58.7. The molecule has 2 atom stereocenters. The number of benzene rings is 10. The molecule has 92 heavy (non-hydrogen) atoms. The fraction of sp³-hybridized carbons (Fsp3) is 0.318. The molecule has 3 nitrogen and oxygen atoms in total. The maximum Gasteiger partial charge on any atom is 0.252 e. The van der Waals surface area contributed by atoms with E-state index in [9.17, 15) is 0 Å². The van der Waals surface area contributed by atoms with Gasteiger partial charge in [-0.2, -0.15) is 0 Å². The van der Waals surface area contributed by atoms with Crippen molar-refractivity contribution >= 4 is 68.6 Å². The molecule has 3 aliphatic heterocycles. The summed E-state index contributed by atoms with van der Waals surface area (Å²) in [5.41, 5.74) is 32.6. The van der Waals surface area contributed by atoms with E-state index in [1.807, 2.05) is 0 Å². The molecule has 0 bridgehead atoms. The van der Waals surface area contributed by atoms with Crippen LogP contribution in [-0.4, -0.2) is 12.3 Å². The average Bonchev–Trinajstić information content (AvgIpc) is 0.696. The molecule has 3 aliphatic carbocycles. The minimum Gasteiger partial charge on any atom is -0.334 e. The average molecular weight is 1200 g/mol. The van der Waals surface area contributed by atoms with E-state index in [1.165, 1.54) is 158 Å². The smallest absolute Gasteiger partial charge is 0.252 e. The van der Waals surface area contributed by atoms with E-state index >= 15 is 0 Å². The van der Waals surface area contributed by atoms with Crippen molar-refractivity contribution in [3.63, 3.8) is 0 Å². The molecule has 0 aromatic heterocycles. The highest BCUT2D eigenvalue weighted by molar-refractivity contribution is 7.00. The molecule has 16 rings (SSSR count). The first-order chi connectivity index (χ1) is 43.7. The van der Waals surface area contributed by atoms with Crippen LogP contribution in [0.4, 0.5) is 45.5 Å². The molecule has 0 spiro atoms. The predicted molar refractivity (Wildman–Crippen MR) is 393 cm³/mol. The van der Waals surface area contributed by atoms with Gasteiger partial charge in [0, 0.05) is 72.3 Å². The van der Waals surface area contributed by atoms with Gasteiger partial charge in [0.05, 0.1) is 16.9 Å². The second-order valence-corrected chi connectivity index (χ2v) is 32.9. The molecule has 0 radical (unpaired) electrons. The Morgan fingerprint density at radius 3 is 1.11 bits per heavy atom. The number of fused-ring (bicyclic) bond motifs is 11. The summed E-state index contributed by atoms with van der Waals surface area (Å²) in [7, 11) is 0. The monoisotopic (exact) mass is 1200 g/mol. The summed E-state index contributed by atoms with van der Waals surface area (Å²) in [6, 6.07) is 81.9. The van der Waals surface area contributed by atoms with Gasteiger partial charge in [-0.1, -0.05) is 268 Å². The Morgan fingerprint density at radius 2 is 0.696 bits per heavy atom. The topological polar surface area (TPSA) is 9.72 Å². The third kappa shape index (κ3) is 8.07. The fourth-order valence-corrected chi connectivity index (χ4v) is 18.7. The molecule has 0 saturated heterocycles. The van der Waals surface area contributed by atoms with E-state index in [1.54, 1.807) is 0 Å². The zero-order valence-electron chi connectivity index (χ0n) is 57.4. The molecule has 3 heterocycles. The Bertz CT molecular complexity index is 4470. The Labute approximate surface area is 549 Å². The van der Waals surface area contributed by atoms with Gasteiger partial charge >= 0.3 is 0 Å². The lowest BCUT2D eigenvalue weighted by Gasteiger charge is -2.52. The summed E-state index contributed by atoms with van der Waals surface area (Å²) in [6.07, 6.45) is 4.67. The highest BCUT2D eigenvalue weighted by Gasteiger charge is 2.59. The van der Waals surface area contributed by atoms with Crippen LogP contribution in [0.15, 0.2) is 206 Å². The summed E-state index contributed by atoms with van der Waals surface area (Å²) in [6.45, 7) is 39.1. The van der Waals surface area contributed by atoms with Crippen LogP contribution in [0, 0.1) is 0 Å². The predicted octanol–water partition coefficient (Wildman–Crippen LogP) is 21.4. The molecule has 0 amide bonds. The van der Waals surface area contributed by atoms with Crippen LogP contribution >= 0.6 is 0 Å². The molecule has 460 valence electrons. The van der Waals surface area contributed by atoms with Crippen LogP contribution in [0.2, 0.25) is 0 Å². The number of para-hydroxylation sites is 1. The minimum atomic E-state index is -0.302. The van der Waals surface area contributed by atoms with Crippen LogP contribution in [0.3, 0.4) is 0 Å². The van der Waals surface area contributed by atoms with Gasteiger partial charge in [-0.25, -0.2) is 0 Å². The lowest BCUT2D eigenvalue weighted by Crippen LogP contribution is -2.62. The third-order valence-corrected chi connectivity index (χ3v) is 24.2. The zero-order chi connectivity index (χ0) is 64.2. The molecule has 4 heteroatoms. The van der Waals surface area contributed by atoms with Gasteiger partial charge in [0.25, 0.3) is 6.71 Å². The first-order valence-corrected chi connectivity index (χ1v) is 34.3. The Hall–Kier alpha value is -8.34. The normalized spacial score (nSPS) is 20.6. The number of rotatable bonds is 5. The SMILES string of the molecule is CC(C)(C)c1ccc(N2c3cc4c(cc3B3c5cc6c(cc5N(c5ccc(C(C)(C)C)cc5-c5ccccc5)c5cc(N7c8ccccc8C8(C)CCCCC78C)cc2c53)C(C)(C)c2ccccc2C6(C)C)C(C)(C)c2ccccc2C4(C)C)c(-c2ccccc2)c1. The largest absolute Gasteiger partial charge is 0.334 e. The summed E-state index contributed by atoms with van der Waals surface area (Å²) >= 11 is 0. The van der Waals surface area contributed by atoms with E-state index in [0.717, 1.165) is 12.8 Å². The Balaban J connectivity index is 1.11. The Morgan fingerprint density at radius 1 is 0.326 bits per heavy atom. The number of nitrogens with zero attached hydrogens (tertiary/aromatic N) is 3. The second kappa shape index (κ2) is 19.6. The van der Waals surface area contributed by atoms with E-state index in [-0.39, 0.29) is 50.2 Å². The molecular weight excluding hydrogens is 1110 g/mol. The van der Waals surface area contributed by atoms with E-state index in [4.69, 9.17) is 0 Å². The van der Waals surface area contributed by atoms with Crippen molar-refractivity contribution in [2.24, 2.45) is 0 Å². The van der Waals surface area contributed by atoms with E-state index in [0.29, 0.717) is 0 Å². The number of anilines is 8.